The van der Waals surface area contributed by atoms with E-state index < -0.39 is 0 Å². The molecule has 1 aliphatic heterocycles. The quantitative estimate of drug-likeness (QED) is 0.513. The summed E-state index contributed by atoms with van der Waals surface area (Å²) >= 11 is 3.42. The summed E-state index contributed by atoms with van der Waals surface area (Å²) in [7, 11) is 0. The smallest absolute Gasteiger partial charge is 0.295 e. The lowest BCUT2D eigenvalue weighted by Crippen LogP contribution is -3.15. The van der Waals surface area contributed by atoms with E-state index in [9.17, 15) is 4.79 Å². The number of carbonyl (C=O) groups is 1. The Morgan fingerprint density at radius 2 is 1.93 bits per heavy atom. The van der Waals surface area contributed by atoms with Crippen molar-refractivity contribution in [2.45, 2.75) is 6.61 Å². The molecule has 27 heavy (non-hydrogen) atoms. The van der Waals surface area contributed by atoms with Crippen LogP contribution in [0.4, 0.5) is 0 Å². The Morgan fingerprint density at radius 3 is 2.70 bits per heavy atom. The molecule has 1 heterocycles. The molecular weight excluding hydrogens is 410 g/mol. The standard InChI is InChI=1S/C20H22BrN3O3/c21-18-7-5-16(6-8-18)15-27-19-4-2-1-3-17(19)13-22-23-20(25)14-24-9-11-26-12-10-24/h1-8,13H,9-12,14-15H2,(H,23,25)/p+1. The van der Waals surface area contributed by atoms with Crippen molar-refractivity contribution in [3.05, 3.63) is 64.1 Å². The number of rotatable bonds is 7. The second-order valence-electron chi connectivity index (χ2n) is 6.29. The topological polar surface area (TPSA) is 64.4 Å². The first-order chi connectivity index (χ1) is 13.2. The molecule has 0 spiro atoms. The lowest BCUT2D eigenvalue weighted by molar-refractivity contribution is -0.900. The Hall–Kier alpha value is -2.22. The average Bonchev–Trinajstić information content (AvgIpc) is 2.69. The highest BCUT2D eigenvalue weighted by atomic mass is 79.9. The molecular formula is C20H23BrN3O3+. The molecule has 0 bridgehead atoms. The molecule has 1 aliphatic rings. The first kappa shape index (κ1) is 19.5. The zero-order valence-corrected chi connectivity index (χ0v) is 16.6. The van der Waals surface area contributed by atoms with Crippen LogP contribution in [0, 0.1) is 0 Å². The minimum Gasteiger partial charge on any atom is -0.488 e. The van der Waals surface area contributed by atoms with E-state index in [-0.39, 0.29) is 5.91 Å². The van der Waals surface area contributed by atoms with Crippen LogP contribution < -0.4 is 15.1 Å². The molecule has 142 valence electrons. The Balaban J connectivity index is 1.52. The van der Waals surface area contributed by atoms with Gasteiger partial charge in [-0.15, -0.1) is 0 Å². The van der Waals surface area contributed by atoms with Crippen LogP contribution in [0.3, 0.4) is 0 Å². The number of halogens is 1. The van der Waals surface area contributed by atoms with Crippen molar-refractivity contribution in [2.24, 2.45) is 5.10 Å². The molecule has 1 fully saturated rings. The van der Waals surface area contributed by atoms with Gasteiger partial charge in [0.1, 0.15) is 25.4 Å². The number of nitrogens with zero attached hydrogens (tertiary/aromatic N) is 1. The van der Waals surface area contributed by atoms with Crippen LogP contribution in [0.2, 0.25) is 0 Å². The number of hydrogen-bond acceptors (Lipinski definition) is 4. The van der Waals surface area contributed by atoms with Gasteiger partial charge in [-0.25, -0.2) is 5.43 Å². The molecule has 0 aliphatic carbocycles. The van der Waals surface area contributed by atoms with Gasteiger partial charge in [-0.3, -0.25) is 4.79 Å². The van der Waals surface area contributed by atoms with Crippen molar-refractivity contribution in [3.63, 3.8) is 0 Å². The van der Waals surface area contributed by atoms with Crippen LogP contribution in [-0.4, -0.2) is 45.0 Å². The van der Waals surface area contributed by atoms with Crippen LogP contribution in [0.5, 0.6) is 5.75 Å². The summed E-state index contributed by atoms with van der Waals surface area (Å²) in [5, 5.41) is 4.08. The molecule has 7 heteroatoms. The minimum absolute atomic E-state index is 0.101. The second kappa shape index (κ2) is 10.2. The number of morpholine rings is 1. The van der Waals surface area contributed by atoms with Crippen LogP contribution in [0.25, 0.3) is 0 Å². The fraction of sp³-hybridized carbons (Fsp3) is 0.300. The van der Waals surface area contributed by atoms with Crippen molar-refractivity contribution in [3.8, 4) is 5.75 Å². The van der Waals surface area contributed by atoms with E-state index in [0.717, 1.165) is 34.4 Å². The number of amides is 1. The number of nitrogens with one attached hydrogen (secondary N) is 2. The molecule has 2 N–H and O–H groups in total. The molecule has 0 saturated carbocycles. The molecule has 0 atom stereocenters. The Morgan fingerprint density at radius 1 is 1.19 bits per heavy atom. The highest BCUT2D eigenvalue weighted by Gasteiger charge is 2.17. The fourth-order valence-corrected chi connectivity index (χ4v) is 3.00. The Labute approximate surface area is 167 Å². The number of ether oxygens (including phenoxy) is 2. The third-order valence-electron chi connectivity index (χ3n) is 4.23. The highest BCUT2D eigenvalue weighted by molar-refractivity contribution is 9.10. The predicted molar refractivity (Wildman–Crippen MR) is 107 cm³/mol. The molecule has 0 unspecified atom stereocenters. The third-order valence-corrected chi connectivity index (χ3v) is 4.76. The van der Waals surface area contributed by atoms with Gasteiger partial charge in [0.25, 0.3) is 5.91 Å². The Kier molecular flexibility index (Phi) is 7.38. The van der Waals surface area contributed by atoms with Crippen LogP contribution in [0.15, 0.2) is 58.1 Å². The molecule has 2 aromatic carbocycles. The molecule has 0 radical (unpaired) electrons. The highest BCUT2D eigenvalue weighted by Crippen LogP contribution is 2.18. The molecule has 3 rings (SSSR count). The van der Waals surface area contributed by atoms with Crippen molar-refractivity contribution in [1.29, 1.82) is 0 Å². The van der Waals surface area contributed by atoms with Crippen molar-refractivity contribution in [1.82, 2.24) is 5.43 Å². The van der Waals surface area contributed by atoms with E-state index >= 15 is 0 Å². The van der Waals surface area contributed by atoms with Gasteiger partial charge in [-0.1, -0.05) is 40.2 Å². The van der Waals surface area contributed by atoms with E-state index in [2.05, 4.69) is 26.5 Å². The lowest BCUT2D eigenvalue weighted by Gasteiger charge is -2.22. The molecule has 1 saturated heterocycles. The molecule has 1 amide bonds. The van der Waals surface area contributed by atoms with E-state index in [1.165, 1.54) is 4.90 Å². The maximum atomic E-state index is 12.0. The van der Waals surface area contributed by atoms with E-state index in [1.54, 1.807) is 6.21 Å². The van der Waals surface area contributed by atoms with Gasteiger partial charge < -0.3 is 14.4 Å². The van der Waals surface area contributed by atoms with Crippen LogP contribution in [0.1, 0.15) is 11.1 Å². The summed E-state index contributed by atoms with van der Waals surface area (Å²) in [6, 6.07) is 15.6. The normalized spacial score (nSPS) is 15.0. The van der Waals surface area contributed by atoms with Gasteiger partial charge in [0, 0.05) is 10.0 Å². The first-order valence-electron chi connectivity index (χ1n) is 8.90. The number of benzene rings is 2. The summed E-state index contributed by atoms with van der Waals surface area (Å²) in [5.41, 5.74) is 4.48. The van der Waals surface area contributed by atoms with Crippen molar-refractivity contribution in [2.75, 3.05) is 32.8 Å². The SMILES string of the molecule is O=C(C[NH+]1CCOCC1)NN=Cc1ccccc1OCc1ccc(Br)cc1. The maximum absolute atomic E-state index is 12.0. The predicted octanol–water partition coefficient (Wildman–Crippen LogP) is 1.39. The van der Waals surface area contributed by atoms with Crippen molar-refractivity contribution < 1.29 is 19.2 Å². The average molecular weight is 433 g/mol. The summed E-state index contributed by atoms with van der Waals surface area (Å²) in [6.45, 7) is 3.98. The van der Waals surface area contributed by atoms with Crippen LogP contribution in [-0.2, 0) is 16.1 Å². The number of hydrogen-bond donors (Lipinski definition) is 2. The fourth-order valence-electron chi connectivity index (χ4n) is 2.74. The number of carbonyl (C=O) groups excluding carboxylic acids is 1. The summed E-state index contributed by atoms with van der Waals surface area (Å²) in [5.74, 6) is 0.619. The maximum Gasteiger partial charge on any atom is 0.295 e. The molecule has 2 aromatic rings. The van der Waals surface area contributed by atoms with Gasteiger partial charge in [-0.2, -0.15) is 5.10 Å². The number of quaternary nitrogens is 1. The summed E-state index contributed by atoms with van der Waals surface area (Å²) in [4.78, 5) is 13.2. The zero-order valence-electron chi connectivity index (χ0n) is 15.0. The number of hydrazone groups is 1. The zero-order chi connectivity index (χ0) is 18.9. The van der Waals surface area contributed by atoms with Crippen LogP contribution >= 0.6 is 15.9 Å². The third kappa shape index (κ3) is 6.46. The second-order valence-corrected chi connectivity index (χ2v) is 7.20. The molecule has 0 aromatic heterocycles. The van der Waals surface area contributed by atoms with Gasteiger partial charge >= 0.3 is 0 Å². The van der Waals surface area contributed by atoms with E-state index in [1.807, 2.05) is 48.5 Å². The van der Waals surface area contributed by atoms with Gasteiger partial charge in [0.2, 0.25) is 0 Å². The minimum atomic E-state index is -0.101. The molecule has 6 nitrogen and oxygen atoms in total. The number of para-hydroxylation sites is 1. The Bertz CT molecular complexity index is 774. The first-order valence-corrected chi connectivity index (χ1v) is 9.69. The van der Waals surface area contributed by atoms with Gasteiger partial charge in [-0.05, 0) is 29.8 Å². The lowest BCUT2D eigenvalue weighted by atomic mass is 10.2. The monoisotopic (exact) mass is 432 g/mol. The van der Waals surface area contributed by atoms with Crippen molar-refractivity contribution >= 4 is 28.1 Å². The van der Waals surface area contributed by atoms with Gasteiger partial charge in [0.05, 0.1) is 19.4 Å². The largest absolute Gasteiger partial charge is 0.488 e. The van der Waals surface area contributed by atoms with E-state index in [4.69, 9.17) is 9.47 Å². The van der Waals surface area contributed by atoms with Gasteiger partial charge in [0.15, 0.2) is 6.54 Å². The van der Waals surface area contributed by atoms with E-state index in [0.29, 0.717) is 26.4 Å². The summed E-state index contributed by atoms with van der Waals surface area (Å²) < 4.78 is 12.2. The summed E-state index contributed by atoms with van der Waals surface area (Å²) in [6.07, 6.45) is 1.61.